The topological polar surface area (TPSA) is 46.3 Å². The van der Waals surface area contributed by atoms with Gasteiger partial charge in [-0.05, 0) is 37.3 Å². The van der Waals surface area contributed by atoms with Crippen LogP contribution in [-0.2, 0) is 11.3 Å². The van der Waals surface area contributed by atoms with Gasteiger partial charge in [-0.15, -0.1) is 0 Å². The van der Waals surface area contributed by atoms with E-state index in [2.05, 4.69) is 4.90 Å². The summed E-state index contributed by atoms with van der Waals surface area (Å²) in [5.74, 6) is 0.629. The number of rotatable bonds is 4. The van der Waals surface area contributed by atoms with Gasteiger partial charge in [0.15, 0.2) is 0 Å². The fourth-order valence-corrected chi connectivity index (χ4v) is 3.22. The van der Waals surface area contributed by atoms with Crippen molar-refractivity contribution in [3.8, 4) is 0 Å². The molecule has 20 heavy (non-hydrogen) atoms. The number of carbonyl (C=O) groups excluding carboxylic acids is 1. The highest BCUT2D eigenvalue weighted by Crippen LogP contribution is 2.33. The van der Waals surface area contributed by atoms with E-state index in [4.69, 9.17) is 5.73 Å². The lowest BCUT2D eigenvalue weighted by Crippen LogP contribution is -2.38. The van der Waals surface area contributed by atoms with Crippen molar-refractivity contribution in [3.05, 3.63) is 29.8 Å². The summed E-state index contributed by atoms with van der Waals surface area (Å²) in [6, 6.07) is 8.37. The molecule has 3 heteroatoms. The highest BCUT2D eigenvalue weighted by Gasteiger charge is 2.36. The van der Waals surface area contributed by atoms with E-state index in [1.54, 1.807) is 0 Å². The van der Waals surface area contributed by atoms with E-state index in [1.165, 1.54) is 19.3 Å². The molecular formula is C17H24N2O. The Morgan fingerprint density at radius 1 is 1.10 bits per heavy atom. The summed E-state index contributed by atoms with van der Waals surface area (Å²) in [4.78, 5) is 14.9. The van der Waals surface area contributed by atoms with Crippen molar-refractivity contribution in [2.45, 2.75) is 57.5 Å². The molecule has 0 unspecified atom stereocenters. The maximum Gasteiger partial charge on any atom is 0.226 e. The summed E-state index contributed by atoms with van der Waals surface area (Å²) in [6.45, 7) is 0.687. The van der Waals surface area contributed by atoms with Crippen molar-refractivity contribution >= 4 is 11.6 Å². The number of nitrogen functional groups attached to an aromatic ring is 1. The van der Waals surface area contributed by atoms with Crippen LogP contribution in [0.25, 0.3) is 0 Å². The first-order valence-corrected chi connectivity index (χ1v) is 7.89. The molecule has 0 aromatic heterocycles. The Kier molecular flexibility index (Phi) is 3.95. The molecule has 3 nitrogen and oxygen atoms in total. The van der Waals surface area contributed by atoms with Gasteiger partial charge < -0.3 is 10.6 Å². The third-order valence-electron chi connectivity index (χ3n) is 4.62. The summed E-state index contributed by atoms with van der Waals surface area (Å²) in [5, 5.41) is 0. The quantitative estimate of drug-likeness (QED) is 0.854. The Labute approximate surface area is 121 Å². The maximum absolute atomic E-state index is 12.8. The first kappa shape index (κ1) is 13.5. The van der Waals surface area contributed by atoms with Crippen LogP contribution in [0, 0.1) is 5.92 Å². The zero-order chi connectivity index (χ0) is 13.9. The van der Waals surface area contributed by atoms with Gasteiger partial charge >= 0.3 is 0 Å². The molecule has 2 aliphatic rings. The molecule has 0 bridgehead atoms. The lowest BCUT2D eigenvalue weighted by Gasteiger charge is -2.30. The number of carbonyl (C=O) groups is 1. The van der Waals surface area contributed by atoms with E-state index in [0.717, 1.165) is 36.9 Å². The van der Waals surface area contributed by atoms with Crippen molar-refractivity contribution < 1.29 is 4.79 Å². The predicted octanol–water partition coefficient (Wildman–Crippen LogP) is 3.34. The molecule has 0 heterocycles. The average Bonchev–Trinajstić information content (AvgIpc) is 3.31. The Bertz CT molecular complexity index is 476. The van der Waals surface area contributed by atoms with Crippen molar-refractivity contribution in [1.29, 1.82) is 0 Å². The number of hydrogen-bond donors (Lipinski definition) is 1. The van der Waals surface area contributed by atoms with Crippen LogP contribution in [-0.4, -0.2) is 16.8 Å². The van der Waals surface area contributed by atoms with Crippen LogP contribution in [0.2, 0.25) is 0 Å². The average molecular weight is 272 g/mol. The zero-order valence-electron chi connectivity index (χ0n) is 12.1. The fraction of sp³-hybridized carbons (Fsp3) is 0.588. The van der Waals surface area contributed by atoms with Gasteiger partial charge in [-0.1, -0.05) is 37.5 Å². The largest absolute Gasteiger partial charge is 0.398 e. The summed E-state index contributed by atoms with van der Waals surface area (Å²) in [7, 11) is 0. The molecule has 0 aliphatic heterocycles. The van der Waals surface area contributed by atoms with Crippen molar-refractivity contribution in [2.75, 3.05) is 5.73 Å². The van der Waals surface area contributed by atoms with Crippen molar-refractivity contribution in [2.24, 2.45) is 5.92 Å². The predicted molar refractivity (Wildman–Crippen MR) is 81.0 cm³/mol. The minimum absolute atomic E-state index is 0.259. The molecule has 2 saturated carbocycles. The lowest BCUT2D eigenvalue weighted by molar-refractivity contribution is -0.137. The Morgan fingerprint density at radius 2 is 1.80 bits per heavy atom. The number of nitrogens with zero attached hydrogens (tertiary/aromatic N) is 1. The molecule has 2 aliphatic carbocycles. The van der Waals surface area contributed by atoms with E-state index in [1.807, 2.05) is 24.3 Å². The Morgan fingerprint density at radius 3 is 2.45 bits per heavy atom. The molecule has 3 rings (SSSR count). The monoisotopic (exact) mass is 272 g/mol. The van der Waals surface area contributed by atoms with E-state index >= 15 is 0 Å². The van der Waals surface area contributed by atoms with Gasteiger partial charge in [0, 0.05) is 24.2 Å². The molecule has 0 radical (unpaired) electrons. The molecule has 0 saturated heterocycles. The molecule has 2 fully saturated rings. The highest BCUT2D eigenvalue weighted by molar-refractivity contribution is 5.79. The van der Waals surface area contributed by atoms with Crippen molar-refractivity contribution in [3.63, 3.8) is 0 Å². The summed E-state index contributed by atoms with van der Waals surface area (Å²) in [5.41, 5.74) is 7.92. The Balaban J connectivity index is 1.72. The van der Waals surface area contributed by atoms with Crippen LogP contribution in [0.4, 0.5) is 5.69 Å². The van der Waals surface area contributed by atoms with Gasteiger partial charge in [0.2, 0.25) is 5.91 Å². The molecule has 0 spiro atoms. The molecule has 1 aromatic carbocycles. The lowest BCUT2D eigenvalue weighted by atomic mass is 9.88. The summed E-state index contributed by atoms with van der Waals surface area (Å²) < 4.78 is 0. The minimum Gasteiger partial charge on any atom is -0.398 e. The maximum atomic E-state index is 12.8. The number of benzene rings is 1. The zero-order valence-corrected chi connectivity index (χ0v) is 12.1. The second kappa shape index (κ2) is 5.86. The van der Waals surface area contributed by atoms with E-state index in [0.29, 0.717) is 18.5 Å². The SMILES string of the molecule is Nc1ccccc1CN(C(=O)C1CCCCC1)C1CC1. The Hall–Kier alpha value is -1.51. The molecular weight excluding hydrogens is 248 g/mol. The van der Waals surface area contributed by atoms with Gasteiger partial charge in [0.25, 0.3) is 0 Å². The normalized spacial score (nSPS) is 19.8. The summed E-state index contributed by atoms with van der Waals surface area (Å²) >= 11 is 0. The van der Waals surface area contributed by atoms with Crippen LogP contribution in [0.1, 0.15) is 50.5 Å². The number of anilines is 1. The second-order valence-corrected chi connectivity index (χ2v) is 6.23. The third-order valence-corrected chi connectivity index (χ3v) is 4.62. The summed E-state index contributed by atoms with van der Waals surface area (Å²) in [6.07, 6.45) is 8.18. The molecule has 2 N–H and O–H groups in total. The number of nitrogens with two attached hydrogens (primary N) is 1. The first-order valence-electron chi connectivity index (χ1n) is 7.89. The molecule has 0 atom stereocenters. The van der Waals surface area contributed by atoms with Crippen LogP contribution in [0.15, 0.2) is 24.3 Å². The number of amides is 1. The van der Waals surface area contributed by atoms with Crippen molar-refractivity contribution in [1.82, 2.24) is 4.90 Å². The third kappa shape index (κ3) is 2.97. The van der Waals surface area contributed by atoms with Gasteiger partial charge in [-0.3, -0.25) is 4.79 Å². The van der Waals surface area contributed by atoms with Gasteiger partial charge in [-0.25, -0.2) is 0 Å². The molecule has 1 amide bonds. The number of para-hydroxylation sites is 1. The van der Waals surface area contributed by atoms with Crippen LogP contribution < -0.4 is 5.73 Å². The molecule has 1 aromatic rings. The van der Waals surface area contributed by atoms with Crippen LogP contribution >= 0.6 is 0 Å². The molecule has 108 valence electrons. The first-order chi connectivity index (χ1) is 9.75. The van der Waals surface area contributed by atoms with Gasteiger partial charge in [-0.2, -0.15) is 0 Å². The fourth-order valence-electron chi connectivity index (χ4n) is 3.22. The van der Waals surface area contributed by atoms with E-state index in [9.17, 15) is 4.79 Å². The van der Waals surface area contributed by atoms with E-state index in [-0.39, 0.29) is 5.92 Å². The highest BCUT2D eigenvalue weighted by atomic mass is 16.2. The standard InChI is InChI=1S/C17H24N2O/c18-16-9-5-4-8-14(16)12-19(15-10-11-15)17(20)13-6-2-1-3-7-13/h4-5,8-9,13,15H,1-3,6-7,10-12,18H2. The van der Waals surface area contributed by atoms with Gasteiger partial charge in [0.05, 0.1) is 0 Å². The number of hydrogen-bond acceptors (Lipinski definition) is 2. The van der Waals surface area contributed by atoms with Crippen LogP contribution in [0.5, 0.6) is 0 Å². The smallest absolute Gasteiger partial charge is 0.226 e. The second-order valence-electron chi connectivity index (χ2n) is 6.23. The minimum atomic E-state index is 0.259. The van der Waals surface area contributed by atoms with Crippen LogP contribution in [0.3, 0.4) is 0 Å². The van der Waals surface area contributed by atoms with E-state index < -0.39 is 0 Å². The van der Waals surface area contributed by atoms with Gasteiger partial charge in [0.1, 0.15) is 0 Å².